The van der Waals surface area contributed by atoms with E-state index in [0.717, 1.165) is 46.6 Å². The largest absolute Gasteiger partial charge is 0.481 e. The topological polar surface area (TPSA) is 296 Å². The molecule has 520 valence electrons. The minimum Gasteiger partial charge on any atom is -0.481 e. The van der Waals surface area contributed by atoms with Crippen LogP contribution >= 0.6 is 72.9 Å². The molecule has 6 N–H and O–H groups in total. The Morgan fingerprint density at radius 3 is 1.38 bits per heavy atom. The van der Waals surface area contributed by atoms with Crippen LogP contribution in [0.5, 0.6) is 0 Å². The van der Waals surface area contributed by atoms with Crippen LogP contribution in [0.15, 0.2) is 84.9 Å². The summed E-state index contributed by atoms with van der Waals surface area (Å²) in [5.41, 5.74) is 1.25. The summed E-state index contributed by atoms with van der Waals surface area (Å²) < 4.78 is 50.6. The zero-order valence-corrected chi connectivity index (χ0v) is 59.0. The maximum Gasteiger partial charge on any atom is 0.413 e. The number of fused-ring (bicyclic) bond motifs is 2. The van der Waals surface area contributed by atoms with E-state index in [9.17, 15) is 47.1 Å². The van der Waals surface area contributed by atoms with Crippen LogP contribution in [0, 0.1) is 11.6 Å². The molecule has 2 fully saturated rings. The number of nitrogens with one attached hydrogen (secondary N) is 5. The number of anilines is 2. The average Bonchev–Trinajstić information content (AvgIpc) is 1.85. The number of benzene rings is 4. The Morgan fingerprint density at radius 2 is 0.979 bits per heavy atom. The van der Waals surface area contributed by atoms with Gasteiger partial charge in [0.25, 0.3) is 0 Å². The predicted octanol–water partition coefficient (Wildman–Crippen LogP) is 11.5. The number of ether oxygens (including phenoxy) is 4. The molecule has 6 aromatic rings. The zero-order chi connectivity index (χ0) is 68.0. The highest BCUT2D eigenvalue weighted by atomic mass is 35.5. The highest BCUT2D eigenvalue weighted by Crippen LogP contribution is 2.28. The van der Waals surface area contributed by atoms with Gasteiger partial charge in [-0.05, 0) is 102 Å². The number of carboxylic acid groups (broad SMARTS) is 1. The molecule has 9 amide bonds. The van der Waals surface area contributed by atoms with Gasteiger partial charge in [0.2, 0.25) is 5.91 Å². The van der Waals surface area contributed by atoms with Gasteiger partial charge in [0.15, 0.2) is 10.3 Å². The van der Waals surface area contributed by atoms with Crippen LogP contribution in [0.2, 0.25) is 10.0 Å². The first-order valence-corrected chi connectivity index (χ1v) is 32.0. The summed E-state index contributed by atoms with van der Waals surface area (Å²) >= 11 is 14.5. The van der Waals surface area contributed by atoms with E-state index in [1.807, 2.05) is 69.3 Å². The number of thiazole rings is 2. The van der Waals surface area contributed by atoms with Crippen molar-refractivity contribution in [3.05, 3.63) is 118 Å². The quantitative estimate of drug-likeness (QED) is 0.0436. The van der Waals surface area contributed by atoms with Crippen molar-refractivity contribution in [1.82, 2.24) is 50.4 Å². The zero-order valence-electron chi connectivity index (χ0n) is 53.9. The number of nitrogens with zero attached hydrogens (tertiary/aromatic N) is 7. The van der Waals surface area contributed by atoms with Crippen LogP contribution < -0.4 is 26.6 Å². The van der Waals surface area contributed by atoms with Gasteiger partial charge in [0.1, 0.15) is 36.1 Å². The van der Waals surface area contributed by atoms with Crippen molar-refractivity contribution in [2.75, 3.05) is 90.3 Å². The summed E-state index contributed by atoms with van der Waals surface area (Å²) in [5.74, 6) is -2.41. The highest BCUT2D eigenvalue weighted by Gasteiger charge is 2.31. The van der Waals surface area contributed by atoms with E-state index < -0.39 is 65.6 Å². The SMILES string of the molecule is CC(C)(C)OC(=O)N1CCNCC1.CN(C(=O)NCc1cccc(F)c1Cl)[C@@H](CCC(=O)N1CCN(C(=O)OC(C)(C)C)CC1)COC(=O)Nc1nc2ccccc2s1.CN(C(=O)NCc1cccc(F)c1Cl)[C@@H](CCC(=O)O)COC(=O)Nc1nc2ccccc2s1.S.S. The summed E-state index contributed by atoms with van der Waals surface area (Å²) in [4.78, 5) is 115. The number of urea groups is 2. The molecule has 0 bridgehead atoms. The standard InChI is InChI=1S/C31H38ClFN6O6S.C22H22ClFN4O5S.C9H18N2O2.2H2S/c1-31(2,3)45-30(43)39-16-14-38(15-17-39)25(40)13-12-21(37(4)28(41)34-18-20-8-7-9-22(33)26(20)32)19-44-29(42)36-27-35-23-10-5-6-11-24(23)46-27;1-28(21(31)25-11-13-5-4-6-15(24)19(13)23)14(9-10-18(29)30)12-33-22(32)27-20-26-16-7-2-3-8-17(16)34-20;1-9(2,3)13-8(12)11-6-4-10-5-7-11;;/h5-11,21H,12-19H2,1-4H3,(H,34,41)(H,35,36,42);2-8,14H,9-12H2,1H3,(H,25,31)(H,29,30)(H,26,27,32);10H,4-7H2,1-3H3;2*1H2/t21-;14-;;;/m00.../s1. The van der Waals surface area contributed by atoms with E-state index in [-0.39, 0.29) is 107 Å². The van der Waals surface area contributed by atoms with Gasteiger partial charge < -0.3 is 64.5 Å². The fourth-order valence-corrected chi connectivity index (χ4v) is 11.0. The van der Waals surface area contributed by atoms with Crippen LogP contribution in [-0.2, 0) is 41.6 Å². The first-order valence-electron chi connectivity index (χ1n) is 29.7. The Balaban J connectivity index is 0.000000343. The molecule has 95 heavy (non-hydrogen) atoms. The number of para-hydroxylation sites is 2. The van der Waals surface area contributed by atoms with E-state index >= 15 is 0 Å². The monoisotopic (exact) mass is 1440 g/mol. The lowest BCUT2D eigenvalue weighted by Gasteiger charge is -2.36. The number of carboxylic acids is 1. The molecule has 2 atom stereocenters. The lowest BCUT2D eigenvalue weighted by Crippen LogP contribution is -2.52. The Hall–Kier alpha value is -7.68. The average molecular weight is 1440 g/mol. The molecule has 4 heterocycles. The summed E-state index contributed by atoms with van der Waals surface area (Å²) in [7, 11) is 2.97. The van der Waals surface area contributed by atoms with E-state index in [1.165, 1.54) is 70.8 Å². The van der Waals surface area contributed by atoms with Crippen LogP contribution in [0.4, 0.5) is 47.8 Å². The number of aromatic nitrogens is 2. The molecule has 25 nitrogen and oxygen atoms in total. The van der Waals surface area contributed by atoms with Gasteiger partial charge in [0, 0.05) is 92.4 Å². The van der Waals surface area contributed by atoms with Crippen molar-refractivity contribution in [2.45, 2.75) is 104 Å². The van der Waals surface area contributed by atoms with Gasteiger partial charge in [-0.2, -0.15) is 27.0 Å². The number of piperazine rings is 2. The lowest BCUT2D eigenvalue weighted by molar-refractivity contribution is -0.137. The van der Waals surface area contributed by atoms with Crippen LogP contribution in [0.1, 0.15) is 78.4 Å². The maximum atomic E-state index is 13.9. The van der Waals surface area contributed by atoms with E-state index in [2.05, 4.69) is 36.6 Å². The molecule has 2 saturated heterocycles. The fourth-order valence-electron chi connectivity index (χ4n) is 8.89. The molecule has 33 heteroatoms. The number of carbonyl (C=O) groups excluding carboxylic acids is 7. The molecule has 0 aliphatic carbocycles. The molecule has 0 spiro atoms. The molecular formula is C62H82Cl2F2N12O13S4. The number of carbonyl (C=O) groups is 8. The van der Waals surface area contributed by atoms with Crippen molar-refractivity contribution in [3.63, 3.8) is 0 Å². The Morgan fingerprint density at radius 1 is 0.589 bits per heavy atom. The number of amides is 9. The van der Waals surface area contributed by atoms with Gasteiger partial charge >= 0.3 is 42.4 Å². The Labute approximate surface area is 581 Å². The number of hydrogen-bond acceptors (Lipinski definition) is 17. The first-order chi connectivity index (χ1) is 44.0. The van der Waals surface area contributed by atoms with Crippen molar-refractivity contribution in [3.8, 4) is 0 Å². The molecule has 4 aromatic carbocycles. The van der Waals surface area contributed by atoms with Crippen LogP contribution in [0.25, 0.3) is 20.4 Å². The van der Waals surface area contributed by atoms with E-state index in [0.29, 0.717) is 47.6 Å². The van der Waals surface area contributed by atoms with Gasteiger partial charge in [0.05, 0.1) is 42.6 Å². The molecular weight excluding hydrogens is 1360 g/mol. The number of aliphatic carboxylic acids is 1. The summed E-state index contributed by atoms with van der Waals surface area (Å²) in [5, 5.41) is 23.2. The number of rotatable bonds is 18. The molecule has 0 radical (unpaired) electrons. The summed E-state index contributed by atoms with van der Waals surface area (Å²) in [6.45, 7) is 15.1. The predicted molar refractivity (Wildman–Crippen MR) is 372 cm³/mol. The van der Waals surface area contributed by atoms with Gasteiger partial charge in [-0.1, -0.05) is 94.4 Å². The Kier molecular flexibility index (Phi) is 32.0. The third-order valence-electron chi connectivity index (χ3n) is 13.9. The van der Waals surface area contributed by atoms with Gasteiger partial charge in [-0.15, -0.1) is 0 Å². The Bertz CT molecular complexity index is 3490. The fraction of sp³-hybridized carbons (Fsp3) is 0.452. The van der Waals surface area contributed by atoms with Crippen molar-refractivity contribution in [1.29, 1.82) is 0 Å². The molecule has 2 aromatic heterocycles. The molecule has 2 aliphatic rings. The third kappa shape index (κ3) is 26.5. The van der Waals surface area contributed by atoms with Crippen molar-refractivity contribution in [2.24, 2.45) is 0 Å². The number of halogens is 4. The molecule has 0 unspecified atom stereocenters. The molecule has 0 saturated carbocycles. The maximum absolute atomic E-state index is 13.9. The molecule has 8 rings (SSSR count). The summed E-state index contributed by atoms with van der Waals surface area (Å²) in [6.07, 6.45) is -2.09. The summed E-state index contributed by atoms with van der Waals surface area (Å²) in [6, 6.07) is 20.9. The second-order valence-electron chi connectivity index (χ2n) is 23.2. The first kappa shape index (κ1) is 79.8. The lowest BCUT2D eigenvalue weighted by atomic mass is 10.1. The van der Waals surface area contributed by atoms with E-state index in [4.69, 9.17) is 47.3 Å². The molecule has 2 aliphatic heterocycles. The number of hydrogen-bond donors (Lipinski definition) is 6. The van der Waals surface area contributed by atoms with E-state index in [1.54, 1.807) is 47.6 Å². The van der Waals surface area contributed by atoms with Crippen LogP contribution in [-0.4, -0.2) is 191 Å². The van der Waals surface area contributed by atoms with Gasteiger partial charge in [-0.3, -0.25) is 20.2 Å². The minimum atomic E-state index is -1.05. The second-order valence-corrected chi connectivity index (χ2v) is 26.0. The van der Waals surface area contributed by atoms with Crippen molar-refractivity contribution >= 4 is 152 Å². The second kappa shape index (κ2) is 38.2. The minimum absolute atomic E-state index is 0. The normalized spacial score (nSPS) is 13.5. The number of likely N-dealkylation sites (N-methyl/N-ethyl adjacent to an activating group) is 2. The third-order valence-corrected chi connectivity index (χ3v) is 16.7. The smallest absolute Gasteiger partial charge is 0.413 e. The van der Waals surface area contributed by atoms with Crippen molar-refractivity contribution < 1.29 is 71.2 Å². The highest BCUT2D eigenvalue weighted by molar-refractivity contribution is 7.59. The van der Waals surface area contributed by atoms with Crippen LogP contribution in [0.3, 0.4) is 0 Å². The van der Waals surface area contributed by atoms with Gasteiger partial charge in [-0.25, -0.2) is 47.5 Å².